The predicted molar refractivity (Wildman–Crippen MR) is 97.0 cm³/mol. The van der Waals surface area contributed by atoms with E-state index < -0.39 is 0 Å². The topological polar surface area (TPSA) is 0 Å². The van der Waals surface area contributed by atoms with Crippen LogP contribution in [0.15, 0.2) is 65.3 Å². The maximum absolute atomic E-state index is 6.32. The molecular weight excluding hydrogens is 300 g/mol. The molecule has 0 saturated carbocycles. The first-order chi connectivity index (χ1) is 11.3. The van der Waals surface area contributed by atoms with Gasteiger partial charge >= 0.3 is 0 Å². The van der Waals surface area contributed by atoms with Gasteiger partial charge in [0.1, 0.15) is 0 Å². The first kappa shape index (κ1) is 12.3. The molecule has 108 valence electrons. The standard InChI is InChI=1S/C22H14Cl/c23-12-11-22-17-9-7-15-5-3-13-1-2-14-4-6-16(8-10-17)21(22)19(14)18(13)20(15)22/h1-10H,11-12H2/q+1. The summed E-state index contributed by atoms with van der Waals surface area (Å²) < 4.78 is 0. The van der Waals surface area contributed by atoms with Crippen LogP contribution in [0.3, 0.4) is 0 Å². The molecule has 1 heteroatoms. The second-order valence-corrected chi connectivity index (χ2v) is 7.17. The molecule has 5 aliphatic rings. The molecule has 0 amide bonds. The highest BCUT2D eigenvalue weighted by Crippen LogP contribution is 2.64. The molecule has 1 unspecified atom stereocenters. The van der Waals surface area contributed by atoms with Gasteiger partial charge in [-0.1, -0.05) is 24.3 Å². The van der Waals surface area contributed by atoms with Crippen LogP contribution in [0.5, 0.6) is 0 Å². The van der Waals surface area contributed by atoms with Gasteiger partial charge < -0.3 is 0 Å². The van der Waals surface area contributed by atoms with Crippen molar-refractivity contribution in [2.24, 2.45) is 0 Å². The lowest BCUT2D eigenvalue weighted by Gasteiger charge is -2.38. The first-order valence-electron chi connectivity index (χ1n) is 8.17. The van der Waals surface area contributed by atoms with Crippen LogP contribution < -0.4 is 0 Å². The van der Waals surface area contributed by atoms with Crippen LogP contribution in [-0.4, -0.2) is 5.88 Å². The zero-order chi connectivity index (χ0) is 15.2. The molecule has 0 fully saturated rings. The summed E-state index contributed by atoms with van der Waals surface area (Å²) in [5, 5.41) is 0. The summed E-state index contributed by atoms with van der Waals surface area (Å²) in [7, 11) is 0. The van der Waals surface area contributed by atoms with E-state index >= 15 is 0 Å². The molecule has 1 aromatic carbocycles. The van der Waals surface area contributed by atoms with Crippen LogP contribution in [-0.2, 0) is 5.41 Å². The molecule has 5 aliphatic carbocycles. The first-order valence-corrected chi connectivity index (χ1v) is 8.71. The van der Waals surface area contributed by atoms with E-state index in [0.717, 1.165) is 6.42 Å². The predicted octanol–water partition coefficient (Wildman–Crippen LogP) is 5.38. The number of alkyl halides is 1. The van der Waals surface area contributed by atoms with Gasteiger partial charge in [-0.2, -0.15) is 0 Å². The van der Waals surface area contributed by atoms with Gasteiger partial charge in [0, 0.05) is 46.9 Å². The number of hydrogen-bond acceptors (Lipinski definition) is 0. The lowest BCUT2D eigenvalue weighted by Crippen LogP contribution is -2.34. The molecule has 0 aromatic heterocycles. The van der Waals surface area contributed by atoms with Crippen molar-refractivity contribution in [3.05, 3.63) is 93.5 Å². The number of halogens is 1. The zero-order valence-electron chi connectivity index (χ0n) is 12.6. The Morgan fingerprint density at radius 3 is 2.74 bits per heavy atom. The quantitative estimate of drug-likeness (QED) is 0.507. The Balaban J connectivity index is 1.86. The van der Waals surface area contributed by atoms with Crippen molar-refractivity contribution in [3.8, 4) is 0 Å². The molecule has 0 N–H and O–H groups in total. The zero-order valence-corrected chi connectivity index (χ0v) is 13.3. The maximum Gasteiger partial charge on any atom is 0.0940 e. The van der Waals surface area contributed by atoms with Gasteiger partial charge in [0.15, 0.2) is 0 Å². The minimum Gasteiger partial charge on any atom is -0.127 e. The van der Waals surface area contributed by atoms with E-state index in [2.05, 4.69) is 60.7 Å². The van der Waals surface area contributed by atoms with Gasteiger partial charge in [-0.15, -0.1) is 11.6 Å². The van der Waals surface area contributed by atoms with E-state index in [1.165, 1.54) is 50.5 Å². The highest BCUT2D eigenvalue weighted by Gasteiger charge is 2.57. The van der Waals surface area contributed by atoms with Gasteiger partial charge in [0.05, 0.1) is 28.0 Å². The van der Waals surface area contributed by atoms with Gasteiger partial charge in [0.2, 0.25) is 0 Å². The normalized spacial score (nSPS) is 26.7. The van der Waals surface area contributed by atoms with Crippen LogP contribution in [0, 0.1) is 5.92 Å². The molecule has 0 spiro atoms. The fourth-order valence-electron chi connectivity index (χ4n) is 5.11. The van der Waals surface area contributed by atoms with Crippen LogP contribution in [0.4, 0.5) is 0 Å². The SMILES string of the molecule is ClCCC12C3=CC=C4C=C[C+]5C=Cc6ccc(c1c6C5=C42)C=C3. The summed E-state index contributed by atoms with van der Waals surface area (Å²) in [5.41, 5.74) is 11.3. The summed E-state index contributed by atoms with van der Waals surface area (Å²) in [6, 6.07) is 4.54. The van der Waals surface area contributed by atoms with Gasteiger partial charge in [0.25, 0.3) is 0 Å². The second kappa shape index (κ2) is 3.83. The summed E-state index contributed by atoms with van der Waals surface area (Å²) >= 11 is 6.32. The van der Waals surface area contributed by atoms with Crippen molar-refractivity contribution in [2.75, 3.05) is 5.88 Å². The third-order valence-electron chi connectivity index (χ3n) is 5.93. The Bertz CT molecular complexity index is 977. The minimum atomic E-state index is -0.0430. The summed E-state index contributed by atoms with van der Waals surface area (Å²) in [6.45, 7) is 0. The maximum atomic E-state index is 6.32. The van der Waals surface area contributed by atoms with Crippen LogP contribution in [0.2, 0.25) is 0 Å². The van der Waals surface area contributed by atoms with Crippen molar-refractivity contribution < 1.29 is 0 Å². The van der Waals surface area contributed by atoms with Crippen molar-refractivity contribution >= 4 is 29.3 Å². The third-order valence-corrected chi connectivity index (χ3v) is 6.12. The average Bonchev–Trinajstić information content (AvgIpc) is 2.90. The minimum absolute atomic E-state index is 0.0430. The summed E-state index contributed by atoms with van der Waals surface area (Å²) in [6.07, 6.45) is 19.2. The van der Waals surface area contributed by atoms with Crippen LogP contribution >= 0.6 is 11.6 Å². The molecule has 0 nitrogen and oxygen atoms in total. The largest absolute Gasteiger partial charge is 0.127 e. The third kappa shape index (κ3) is 1.19. The molecule has 0 aliphatic heterocycles. The number of allylic oxidation sites excluding steroid dienone is 10. The Labute approximate surface area is 140 Å². The van der Waals surface area contributed by atoms with Crippen molar-refractivity contribution in [2.45, 2.75) is 11.8 Å². The van der Waals surface area contributed by atoms with E-state index in [9.17, 15) is 0 Å². The van der Waals surface area contributed by atoms with E-state index in [4.69, 9.17) is 11.6 Å². The smallest absolute Gasteiger partial charge is 0.0940 e. The summed E-state index contributed by atoms with van der Waals surface area (Å²) in [4.78, 5) is 0. The highest BCUT2D eigenvalue weighted by molar-refractivity contribution is 6.18. The van der Waals surface area contributed by atoms with Crippen molar-refractivity contribution in [1.82, 2.24) is 0 Å². The molecule has 1 atom stereocenters. The number of hydrogen-bond donors (Lipinski definition) is 0. The number of rotatable bonds is 2. The Morgan fingerprint density at radius 1 is 0.957 bits per heavy atom. The Hall–Kier alpha value is -2.18. The van der Waals surface area contributed by atoms with Crippen molar-refractivity contribution in [1.29, 1.82) is 0 Å². The van der Waals surface area contributed by atoms with Gasteiger partial charge in [-0.3, -0.25) is 0 Å². The fraction of sp³-hybridized carbons (Fsp3) is 0.136. The molecule has 0 bridgehead atoms. The highest BCUT2D eigenvalue weighted by atomic mass is 35.5. The Kier molecular flexibility index (Phi) is 2.04. The summed E-state index contributed by atoms with van der Waals surface area (Å²) in [5.74, 6) is 2.02. The molecule has 23 heavy (non-hydrogen) atoms. The molecule has 0 saturated heterocycles. The number of benzene rings is 1. The monoisotopic (exact) mass is 313 g/mol. The molecule has 0 heterocycles. The van der Waals surface area contributed by atoms with E-state index in [-0.39, 0.29) is 5.41 Å². The molecular formula is C22H14Cl+. The average molecular weight is 314 g/mol. The van der Waals surface area contributed by atoms with E-state index in [1.54, 1.807) is 0 Å². The lowest BCUT2D eigenvalue weighted by molar-refractivity contribution is 0.593. The van der Waals surface area contributed by atoms with Crippen molar-refractivity contribution in [3.63, 3.8) is 0 Å². The fourth-order valence-corrected chi connectivity index (χ4v) is 5.40. The Morgan fingerprint density at radius 2 is 1.83 bits per heavy atom. The van der Waals surface area contributed by atoms with E-state index in [0.29, 0.717) is 5.88 Å². The van der Waals surface area contributed by atoms with Gasteiger partial charge in [-0.25, -0.2) is 0 Å². The molecule has 1 aromatic rings. The lowest BCUT2D eigenvalue weighted by atomic mass is 9.61. The van der Waals surface area contributed by atoms with Gasteiger partial charge in [-0.05, 0) is 29.7 Å². The molecule has 0 radical (unpaired) electrons. The van der Waals surface area contributed by atoms with Crippen LogP contribution in [0.1, 0.15) is 28.7 Å². The van der Waals surface area contributed by atoms with E-state index in [1.807, 2.05) is 0 Å². The second-order valence-electron chi connectivity index (χ2n) is 6.79. The van der Waals surface area contributed by atoms with Crippen LogP contribution in [0.25, 0.3) is 17.7 Å². The molecule has 6 rings (SSSR count).